The Morgan fingerprint density at radius 3 is 2.45 bits per heavy atom. The number of aromatic nitrogens is 2. The van der Waals surface area contributed by atoms with Crippen molar-refractivity contribution >= 4 is 66.6 Å². The summed E-state index contributed by atoms with van der Waals surface area (Å²) in [5, 5.41) is 5.49. The van der Waals surface area contributed by atoms with Crippen molar-refractivity contribution < 1.29 is 19.2 Å². The van der Waals surface area contributed by atoms with Crippen LogP contribution in [0, 0.1) is 5.41 Å². The Bertz CT molecular complexity index is 1110. The largest absolute Gasteiger partial charge is 0.421 e. The number of esters is 1. The monoisotopic (exact) mass is 478 g/mol. The van der Waals surface area contributed by atoms with E-state index in [9.17, 15) is 9.59 Å². The molecule has 3 aromatic rings. The third-order valence-corrected chi connectivity index (χ3v) is 6.37. The number of oxime groups is 1. The number of hydrogen-bond donors (Lipinski definition) is 1. The number of hydrogen-bond acceptors (Lipinski definition) is 11. The minimum Gasteiger partial charge on any atom is -0.421 e. The molecule has 3 rings (SSSR count). The van der Waals surface area contributed by atoms with Gasteiger partial charge in [0.2, 0.25) is 5.12 Å². The number of carbonyl (C=O) groups excluding carboxylic acids is 2. The zero-order chi connectivity index (χ0) is 22.8. The number of nitrogens with zero attached hydrogens (tertiary/aromatic N) is 3. The quantitative estimate of drug-likeness (QED) is 0.178. The van der Waals surface area contributed by atoms with Gasteiger partial charge in [-0.25, -0.2) is 9.97 Å². The summed E-state index contributed by atoms with van der Waals surface area (Å²) in [5.74, 6) is -1.85. The van der Waals surface area contributed by atoms with E-state index in [1.165, 1.54) is 22.7 Å². The van der Waals surface area contributed by atoms with Crippen molar-refractivity contribution in [2.45, 2.75) is 44.7 Å². The number of fused-ring (bicyclic) bond motifs is 1. The van der Waals surface area contributed by atoms with Crippen molar-refractivity contribution in [3.05, 3.63) is 35.3 Å². The fraction of sp³-hybridized carbons (Fsp3) is 0.350. The maximum absolute atomic E-state index is 13.0. The van der Waals surface area contributed by atoms with Crippen LogP contribution in [0.2, 0.25) is 0 Å². The first-order valence-corrected chi connectivity index (χ1v) is 11.7. The summed E-state index contributed by atoms with van der Waals surface area (Å²) < 4.78 is 6.94. The maximum atomic E-state index is 13.0. The number of carbonyl (C=O) groups is 2. The minimum atomic E-state index is -1.39. The Kier molecular flexibility index (Phi) is 6.68. The molecule has 0 aliphatic carbocycles. The number of anilines is 1. The van der Waals surface area contributed by atoms with E-state index in [4.69, 9.17) is 15.3 Å². The number of rotatable bonds is 6. The third kappa shape index (κ3) is 6.02. The fourth-order valence-corrected chi connectivity index (χ4v) is 4.61. The van der Waals surface area contributed by atoms with Gasteiger partial charge in [-0.05, 0) is 44.7 Å². The van der Waals surface area contributed by atoms with Crippen LogP contribution in [-0.2, 0) is 19.2 Å². The number of thioether (sulfide) groups is 1. The van der Waals surface area contributed by atoms with Crippen molar-refractivity contribution in [3.63, 3.8) is 0 Å². The smallest absolute Gasteiger partial charge is 0.314 e. The van der Waals surface area contributed by atoms with Gasteiger partial charge >= 0.3 is 5.97 Å². The first-order valence-electron chi connectivity index (χ1n) is 9.23. The summed E-state index contributed by atoms with van der Waals surface area (Å²) in [5.41, 5.74) is 6.06. The molecular weight excluding hydrogens is 456 g/mol. The van der Waals surface area contributed by atoms with Crippen LogP contribution in [0.1, 0.15) is 40.3 Å². The number of ether oxygens (including phenoxy) is 1. The molecule has 0 radical (unpaired) electrons. The molecule has 0 bridgehead atoms. The topological polar surface area (TPSA) is 117 Å². The Balaban J connectivity index is 1.83. The Labute approximate surface area is 191 Å². The molecule has 0 amide bonds. The van der Waals surface area contributed by atoms with Crippen LogP contribution in [0.25, 0.3) is 10.2 Å². The van der Waals surface area contributed by atoms with E-state index in [0.29, 0.717) is 9.47 Å². The SMILES string of the molecule is CC(C)(O/N=C(\C(=O)Sc1nc2ccccc2s1)c1csc(N)n1)OC(=O)C(C)(C)C. The van der Waals surface area contributed by atoms with Gasteiger partial charge in [-0.3, -0.25) is 9.59 Å². The first-order chi connectivity index (χ1) is 14.4. The molecule has 11 heteroatoms. The van der Waals surface area contributed by atoms with Crippen molar-refractivity contribution in [2.75, 3.05) is 5.73 Å². The average molecular weight is 479 g/mol. The molecule has 0 saturated heterocycles. The molecule has 1 aromatic carbocycles. The highest BCUT2D eigenvalue weighted by Gasteiger charge is 2.33. The lowest BCUT2D eigenvalue weighted by atomic mass is 9.97. The summed E-state index contributed by atoms with van der Waals surface area (Å²) in [4.78, 5) is 39.3. The predicted molar refractivity (Wildman–Crippen MR) is 124 cm³/mol. The molecule has 8 nitrogen and oxygen atoms in total. The van der Waals surface area contributed by atoms with Crippen LogP contribution < -0.4 is 5.73 Å². The van der Waals surface area contributed by atoms with Gasteiger partial charge in [-0.15, -0.1) is 22.7 Å². The molecule has 2 heterocycles. The van der Waals surface area contributed by atoms with E-state index in [-0.39, 0.29) is 11.4 Å². The molecule has 31 heavy (non-hydrogen) atoms. The van der Waals surface area contributed by atoms with Crippen LogP contribution in [0.4, 0.5) is 5.13 Å². The van der Waals surface area contributed by atoms with Crippen LogP contribution in [-0.4, -0.2) is 32.6 Å². The molecule has 0 aliphatic rings. The molecule has 164 valence electrons. The highest BCUT2D eigenvalue weighted by Crippen LogP contribution is 2.31. The zero-order valence-corrected chi connectivity index (χ0v) is 20.1. The number of benzene rings is 1. The minimum absolute atomic E-state index is 0.0444. The lowest BCUT2D eigenvalue weighted by Gasteiger charge is -2.26. The molecule has 0 unspecified atom stereocenters. The molecule has 2 aromatic heterocycles. The highest BCUT2D eigenvalue weighted by molar-refractivity contribution is 8.16. The molecular formula is C20H22N4O4S3. The molecule has 0 fully saturated rings. The molecule has 0 aliphatic heterocycles. The number of thiazole rings is 2. The summed E-state index contributed by atoms with van der Waals surface area (Å²) in [6.45, 7) is 8.28. The van der Waals surface area contributed by atoms with E-state index in [0.717, 1.165) is 22.0 Å². The van der Waals surface area contributed by atoms with Gasteiger partial charge in [0.05, 0.1) is 15.6 Å². The van der Waals surface area contributed by atoms with Crippen molar-refractivity contribution in [1.82, 2.24) is 9.97 Å². The number of para-hydroxylation sites is 1. The van der Waals surface area contributed by atoms with Gasteiger partial charge in [0.15, 0.2) is 15.2 Å². The summed E-state index contributed by atoms with van der Waals surface area (Å²) in [7, 11) is 0. The normalized spacial score (nSPS) is 12.7. The standard InChI is InChI=1S/C20H22N4O4S3/c1-19(2,3)16(26)27-20(4,5)28-24-14(12-10-29-17(21)22-12)15(25)31-18-23-11-8-6-7-9-13(11)30-18/h6-10H,1-5H3,(H2,21,22)/b24-14-. The highest BCUT2D eigenvalue weighted by atomic mass is 32.2. The second-order valence-electron chi connectivity index (χ2n) is 7.98. The van der Waals surface area contributed by atoms with E-state index in [2.05, 4.69) is 15.1 Å². The Hall–Kier alpha value is -2.50. The van der Waals surface area contributed by atoms with Crippen LogP contribution in [0.5, 0.6) is 0 Å². The Morgan fingerprint density at radius 1 is 1.13 bits per heavy atom. The lowest BCUT2D eigenvalue weighted by molar-refractivity contribution is -0.223. The van der Waals surface area contributed by atoms with Gasteiger partial charge in [0.1, 0.15) is 5.69 Å². The lowest BCUT2D eigenvalue weighted by Crippen LogP contribution is -2.35. The molecule has 0 spiro atoms. The maximum Gasteiger partial charge on any atom is 0.314 e. The predicted octanol–water partition coefficient (Wildman–Crippen LogP) is 4.70. The second kappa shape index (κ2) is 8.93. The number of nitrogen functional groups attached to an aromatic ring is 1. The van der Waals surface area contributed by atoms with Crippen LogP contribution >= 0.6 is 34.4 Å². The van der Waals surface area contributed by atoms with E-state index in [1.54, 1.807) is 40.0 Å². The third-order valence-electron chi connectivity index (χ3n) is 3.72. The van der Waals surface area contributed by atoms with Crippen molar-refractivity contribution in [2.24, 2.45) is 10.6 Å². The number of nitrogens with two attached hydrogens (primary N) is 1. The summed E-state index contributed by atoms with van der Waals surface area (Å²) >= 11 is 3.50. The van der Waals surface area contributed by atoms with Crippen molar-refractivity contribution in [1.29, 1.82) is 0 Å². The summed E-state index contributed by atoms with van der Waals surface area (Å²) in [6.07, 6.45) is 0. The average Bonchev–Trinajstić information content (AvgIpc) is 3.26. The van der Waals surface area contributed by atoms with Gasteiger partial charge < -0.3 is 15.3 Å². The van der Waals surface area contributed by atoms with E-state index < -0.39 is 22.3 Å². The van der Waals surface area contributed by atoms with Gasteiger partial charge in [-0.1, -0.05) is 17.3 Å². The molecule has 0 saturated carbocycles. The van der Waals surface area contributed by atoms with Gasteiger partial charge in [-0.2, -0.15) is 0 Å². The van der Waals surface area contributed by atoms with Gasteiger partial charge in [0, 0.05) is 19.2 Å². The molecule has 2 N–H and O–H groups in total. The fourth-order valence-electron chi connectivity index (χ4n) is 2.16. The zero-order valence-electron chi connectivity index (χ0n) is 17.7. The second-order valence-corrected chi connectivity index (χ2v) is 11.1. The molecule has 0 atom stereocenters. The van der Waals surface area contributed by atoms with Gasteiger partial charge in [0.25, 0.3) is 5.79 Å². The van der Waals surface area contributed by atoms with Crippen molar-refractivity contribution in [3.8, 4) is 0 Å². The Morgan fingerprint density at radius 2 is 1.84 bits per heavy atom. The van der Waals surface area contributed by atoms with E-state index >= 15 is 0 Å². The summed E-state index contributed by atoms with van der Waals surface area (Å²) in [6, 6.07) is 7.62. The van der Waals surface area contributed by atoms with Crippen LogP contribution in [0.3, 0.4) is 0 Å². The first kappa shape index (κ1) is 23.2. The van der Waals surface area contributed by atoms with E-state index in [1.807, 2.05) is 24.3 Å². The van der Waals surface area contributed by atoms with Crippen LogP contribution in [0.15, 0.2) is 39.1 Å².